The van der Waals surface area contributed by atoms with E-state index in [1.54, 1.807) is 12.1 Å². The van der Waals surface area contributed by atoms with Crippen molar-refractivity contribution >= 4 is 39.5 Å². The highest BCUT2D eigenvalue weighted by molar-refractivity contribution is 6.08. The van der Waals surface area contributed by atoms with Gasteiger partial charge in [0, 0.05) is 18.2 Å². The molecule has 7 heteroatoms. The summed E-state index contributed by atoms with van der Waals surface area (Å²) >= 11 is 0. The summed E-state index contributed by atoms with van der Waals surface area (Å²) in [5.74, 6) is -2.34. The molecule has 0 atom stereocenters. The zero-order valence-corrected chi connectivity index (χ0v) is 12.9. The molecule has 0 saturated carbocycles. The molecule has 1 aromatic heterocycles. The normalized spacial score (nSPS) is 14.5. The fraction of sp³-hybridized carbons (Fsp3) is 0.111. The summed E-state index contributed by atoms with van der Waals surface area (Å²) in [7, 11) is 0. The van der Waals surface area contributed by atoms with E-state index in [0.717, 1.165) is 10.8 Å². The summed E-state index contributed by atoms with van der Waals surface area (Å²) in [5.41, 5.74) is -0.947. The van der Waals surface area contributed by atoms with Gasteiger partial charge < -0.3 is 9.25 Å². The molecule has 1 saturated heterocycles. The predicted octanol–water partition coefficient (Wildman–Crippen LogP) is 2.17. The zero-order valence-electron chi connectivity index (χ0n) is 12.9. The van der Waals surface area contributed by atoms with Crippen LogP contribution < -0.4 is 5.63 Å². The fourth-order valence-corrected chi connectivity index (χ4v) is 2.80. The molecule has 0 radical (unpaired) electrons. The first-order valence-electron chi connectivity index (χ1n) is 7.58. The largest absolute Gasteiger partial charge is 0.422 e. The smallest absolute Gasteiger partial charge is 0.371 e. The molecule has 3 aromatic rings. The fourth-order valence-electron chi connectivity index (χ4n) is 2.80. The number of nitrogens with zero attached hydrogens (tertiary/aromatic N) is 1. The number of carbonyl (C=O) groups excluding carboxylic acids is 3. The Kier molecular flexibility index (Phi) is 3.35. The van der Waals surface area contributed by atoms with Crippen LogP contribution in [0, 0.1) is 0 Å². The SMILES string of the molecule is O=C(ON1C(=O)CCC1=O)c1cc2c(ccc3ccccc32)oc1=O. The quantitative estimate of drug-likeness (QED) is 0.404. The molecule has 2 aromatic carbocycles. The van der Waals surface area contributed by atoms with Gasteiger partial charge in [-0.05, 0) is 22.9 Å². The Balaban J connectivity index is 1.81. The second-order valence-electron chi connectivity index (χ2n) is 5.61. The first-order valence-corrected chi connectivity index (χ1v) is 7.58. The van der Waals surface area contributed by atoms with Crippen molar-refractivity contribution in [3.63, 3.8) is 0 Å². The number of hydrogen-bond acceptors (Lipinski definition) is 6. The van der Waals surface area contributed by atoms with Crippen molar-refractivity contribution in [2.24, 2.45) is 0 Å². The maximum atomic E-state index is 12.3. The van der Waals surface area contributed by atoms with E-state index in [1.165, 1.54) is 6.07 Å². The average Bonchev–Trinajstić information content (AvgIpc) is 2.92. The second kappa shape index (κ2) is 5.55. The summed E-state index contributed by atoms with van der Waals surface area (Å²) in [6.45, 7) is 0. The first kappa shape index (κ1) is 15.1. The van der Waals surface area contributed by atoms with E-state index in [1.807, 2.05) is 24.3 Å². The third kappa shape index (κ3) is 2.46. The maximum absolute atomic E-state index is 12.3. The van der Waals surface area contributed by atoms with Crippen molar-refractivity contribution in [1.29, 1.82) is 0 Å². The molecule has 0 spiro atoms. The van der Waals surface area contributed by atoms with Crippen molar-refractivity contribution in [3.8, 4) is 0 Å². The van der Waals surface area contributed by atoms with Crippen LogP contribution in [0.3, 0.4) is 0 Å². The first-order chi connectivity index (χ1) is 12.0. The molecule has 1 aliphatic heterocycles. The number of hydroxylamine groups is 2. The average molecular weight is 337 g/mol. The van der Waals surface area contributed by atoms with Gasteiger partial charge in [0.2, 0.25) is 0 Å². The van der Waals surface area contributed by atoms with Gasteiger partial charge in [-0.1, -0.05) is 30.3 Å². The Hall–Kier alpha value is -3.48. The number of amides is 2. The van der Waals surface area contributed by atoms with E-state index in [2.05, 4.69) is 0 Å². The van der Waals surface area contributed by atoms with Crippen LogP contribution in [0.15, 0.2) is 51.7 Å². The zero-order chi connectivity index (χ0) is 17.6. The Morgan fingerprint density at radius 3 is 2.44 bits per heavy atom. The van der Waals surface area contributed by atoms with Crippen LogP contribution in [-0.4, -0.2) is 22.8 Å². The van der Waals surface area contributed by atoms with Gasteiger partial charge in [0.25, 0.3) is 11.8 Å². The van der Waals surface area contributed by atoms with Crippen LogP contribution >= 0.6 is 0 Å². The molecular formula is C18H11NO6. The van der Waals surface area contributed by atoms with E-state index in [-0.39, 0.29) is 18.4 Å². The third-order valence-corrected chi connectivity index (χ3v) is 4.04. The molecule has 2 heterocycles. The van der Waals surface area contributed by atoms with Gasteiger partial charge in [0.1, 0.15) is 11.1 Å². The Labute approximate surface area is 140 Å². The molecule has 7 nitrogen and oxygen atoms in total. The highest BCUT2D eigenvalue weighted by Gasteiger charge is 2.34. The lowest BCUT2D eigenvalue weighted by atomic mass is 10.0. The van der Waals surface area contributed by atoms with Crippen molar-refractivity contribution in [1.82, 2.24) is 5.06 Å². The van der Waals surface area contributed by atoms with Crippen LogP contribution in [0.2, 0.25) is 0 Å². The van der Waals surface area contributed by atoms with E-state index >= 15 is 0 Å². The molecule has 0 N–H and O–H groups in total. The van der Waals surface area contributed by atoms with Crippen LogP contribution in [0.25, 0.3) is 21.7 Å². The van der Waals surface area contributed by atoms with Gasteiger partial charge in [-0.2, -0.15) is 0 Å². The van der Waals surface area contributed by atoms with Crippen LogP contribution in [0.1, 0.15) is 23.2 Å². The van der Waals surface area contributed by atoms with Crippen LogP contribution in [0.5, 0.6) is 0 Å². The lowest BCUT2D eigenvalue weighted by molar-refractivity contribution is -0.172. The van der Waals surface area contributed by atoms with Gasteiger partial charge in [0.15, 0.2) is 0 Å². The summed E-state index contributed by atoms with van der Waals surface area (Å²) < 4.78 is 5.20. The van der Waals surface area contributed by atoms with E-state index in [4.69, 9.17) is 9.25 Å². The van der Waals surface area contributed by atoms with Crippen molar-refractivity contribution < 1.29 is 23.6 Å². The highest BCUT2D eigenvalue weighted by atomic mass is 16.7. The van der Waals surface area contributed by atoms with Crippen LogP contribution in [0.4, 0.5) is 0 Å². The summed E-state index contributed by atoms with van der Waals surface area (Å²) in [6, 6.07) is 12.2. The van der Waals surface area contributed by atoms with Gasteiger partial charge >= 0.3 is 11.6 Å². The van der Waals surface area contributed by atoms with Crippen molar-refractivity contribution in [2.45, 2.75) is 12.8 Å². The highest BCUT2D eigenvalue weighted by Crippen LogP contribution is 2.25. The Morgan fingerprint density at radius 2 is 1.68 bits per heavy atom. The molecule has 1 aliphatic rings. The summed E-state index contributed by atoms with van der Waals surface area (Å²) in [6.07, 6.45) is -0.0494. The molecule has 25 heavy (non-hydrogen) atoms. The van der Waals surface area contributed by atoms with Gasteiger partial charge in [-0.3, -0.25) is 9.59 Å². The minimum absolute atomic E-state index is 0.0247. The van der Waals surface area contributed by atoms with Crippen molar-refractivity contribution in [3.05, 3.63) is 58.4 Å². The lowest BCUT2D eigenvalue weighted by Crippen LogP contribution is -2.33. The number of benzene rings is 2. The molecule has 1 fully saturated rings. The monoisotopic (exact) mass is 337 g/mol. The summed E-state index contributed by atoms with van der Waals surface area (Å²) in [5, 5.41) is 2.66. The topological polar surface area (TPSA) is 93.9 Å². The number of fused-ring (bicyclic) bond motifs is 3. The molecule has 2 amide bonds. The Bertz CT molecular complexity index is 1100. The number of imide groups is 1. The minimum Gasteiger partial charge on any atom is -0.422 e. The second-order valence-corrected chi connectivity index (χ2v) is 5.61. The predicted molar refractivity (Wildman–Crippen MR) is 86.5 cm³/mol. The molecule has 0 bridgehead atoms. The maximum Gasteiger partial charge on any atom is 0.371 e. The van der Waals surface area contributed by atoms with E-state index < -0.39 is 23.4 Å². The molecule has 0 aliphatic carbocycles. The molecule has 0 unspecified atom stereocenters. The molecule has 4 rings (SSSR count). The minimum atomic E-state index is -1.10. The number of hydrogen-bond donors (Lipinski definition) is 0. The van der Waals surface area contributed by atoms with Gasteiger partial charge in [-0.25, -0.2) is 9.59 Å². The van der Waals surface area contributed by atoms with Crippen molar-refractivity contribution in [2.75, 3.05) is 0 Å². The number of rotatable bonds is 2. The van der Waals surface area contributed by atoms with Gasteiger partial charge in [0.05, 0.1) is 0 Å². The van der Waals surface area contributed by atoms with Gasteiger partial charge in [-0.15, -0.1) is 5.06 Å². The van der Waals surface area contributed by atoms with E-state index in [9.17, 15) is 19.2 Å². The summed E-state index contributed by atoms with van der Waals surface area (Å²) in [4.78, 5) is 52.3. The van der Waals surface area contributed by atoms with Crippen LogP contribution in [-0.2, 0) is 14.4 Å². The Morgan fingerprint density at radius 1 is 0.960 bits per heavy atom. The van der Waals surface area contributed by atoms with E-state index in [0.29, 0.717) is 16.0 Å². The molecule has 124 valence electrons. The molecular weight excluding hydrogens is 326 g/mol. The lowest BCUT2D eigenvalue weighted by Gasteiger charge is -2.12. The number of carbonyl (C=O) groups is 3. The standard InChI is InChI=1S/C18H11NO6/c20-15-7-8-16(21)19(15)25-18(23)13-9-12-11-4-2-1-3-10(11)5-6-14(12)24-17(13)22/h1-6,9H,7-8H2. The third-order valence-electron chi connectivity index (χ3n) is 4.04.